The molecule has 0 saturated carbocycles. The maximum atomic E-state index is 10.5. The largest absolute Gasteiger partial charge is 0.434 e. The van der Waals surface area contributed by atoms with E-state index < -0.39 is 11.0 Å². The van der Waals surface area contributed by atoms with Gasteiger partial charge in [-0.05, 0) is 24.3 Å². The Morgan fingerprint density at radius 1 is 1.69 bits per heavy atom. The van der Waals surface area contributed by atoms with Crippen LogP contribution in [0.5, 0.6) is 0 Å². The average molecular weight is 251 g/mol. The van der Waals surface area contributed by atoms with Gasteiger partial charge in [0.15, 0.2) is 0 Å². The second-order valence-corrected chi connectivity index (χ2v) is 3.22. The Bertz CT molecular complexity index is 331. The zero-order chi connectivity index (χ0) is 11.3. The van der Waals surface area contributed by atoms with Crippen molar-refractivity contribution in [1.82, 2.24) is 9.55 Å². The van der Waals surface area contributed by atoms with Gasteiger partial charge in [-0.15, -0.1) is 12.4 Å². The first-order valence-corrected chi connectivity index (χ1v) is 4.68. The maximum Gasteiger partial charge on any atom is 0.434 e. The summed E-state index contributed by atoms with van der Waals surface area (Å²) in [5, 5.41) is 20.0. The standard InChI is InChI=1S/C8H14N4O3.ClH/c9-3-1-2-7(13)6-11-5-4-10-8(11)12(14)15;/h4-5,7,13H,1-3,6,9H2;1H. The molecule has 1 atom stereocenters. The smallest absolute Gasteiger partial charge is 0.390 e. The van der Waals surface area contributed by atoms with Gasteiger partial charge in [-0.3, -0.25) is 0 Å². The van der Waals surface area contributed by atoms with Crippen LogP contribution in [0.4, 0.5) is 5.95 Å². The fraction of sp³-hybridized carbons (Fsp3) is 0.625. The van der Waals surface area contributed by atoms with E-state index in [0.29, 0.717) is 19.4 Å². The second-order valence-electron chi connectivity index (χ2n) is 3.22. The predicted molar refractivity (Wildman–Crippen MR) is 60.4 cm³/mol. The quantitative estimate of drug-likeness (QED) is 0.558. The molecule has 1 rings (SSSR count). The van der Waals surface area contributed by atoms with Gasteiger partial charge in [-0.2, -0.15) is 0 Å². The first kappa shape index (κ1) is 14.8. The Morgan fingerprint density at radius 2 is 2.38 bits per heavy atom. The van der Waals surface area contributed by atoms with E-state index in [1.165, 1.54) is 17.0 Å². The summed E-state index contributed by atoms with van der Waals surface area (Å²) in [4.78, 5) is 13.5. The first-order valence-electron chi connectivity index (χ1n) is 4.68. The molecule has 7 nitrogen and oxygen atoms in total. The molecule has 1 heterocycles. The number of nitrogens with two attached hydrogens (primary N) is 1. The summed E-state index contributed by atoms with van der Waals surface area (Å²) in [6.45, 7) is 0.680. The molecule has 0 radical (unpaired) electrons. The summed E-state index contributed by atoms with van der Waals surface area (Å²) in [5.74, 6) is -0.248. The highest BCUT2D eigenvalue weighted by molar-refractivity contribution is 5.85. The molecular formula is C8H15ClN4O3. The lowest BCUT2D eigenvalue weighted by molar-refractivity contribution is -0.397. The number of nitro groups is 1. The summed E-state index contributed by atoms with van der Waals surface area (Å²) in [6, 6.07) is 0. The lowest BCUT2D eigenvalue weighted by Gasteiger charge is -2.08. The van der Waals surface area contributed by atoms with Crippen molar-refractivity contribution in [3.05, 3.63) is 22.5 Å². The highest BCUT2D eigenvalue weighted by Gasteiger charge is 2.16. The molecule has 92 valence electrons. The number of aliphatic hydroxyl groups excluding tert-OH is 1. The van der Waals surface area contributed by atoms with Crippen molar-refractivity contribution >= 4 is 18.4 Å². The number of nitrogens with zero attached hydrogens (tertiary/aromatic N) is 3. The lowest BCUT2D eigenvalue weighted by Crippen LogP contribution is -2.18. The van der Waals surface area contributed by atoms with Gasteiger partial charge in [-0.25, -0.2) is 4.57 Å². The van der Waals surface area contributed by atoms with Gasteiger partial charge in [0, 0.05) is 0 Å². The van der Waals surface area contributed by atoms with Gasteiger partial charge in [0.25, 0.3) is 0 Å². The van der Waals surface area contributed by atoms with Crippen LogP contribution < -0.4 is 5.73 Å². The van der Waals surface area contributed by atoms with E-state index in [2.05, 4.69) is 4.98 Å². The number of imidazole rings is 1. The maximum absolute atomic E-state index is 10.5. The van der Waals surface area contributed by atoms with Crippen LogP contribution in [-0.2, 0) is 6.54 Å². The third kappa shape index (κ3) is 4.13. The van der Waals surface area contributed by atoms with E-state index in [9.17, 15) is 15.2 Å². The summed E-state index contributed by atoms with van der Waals surface area (Å²) < 4.78 is 1.32. The molecule has 0 saturated heterocycles. The molecule has 0 aromatic carbocycles. The predicted octanol–water partition coefficient (Wildman–Crippen LogP) is 0.313. The zero-order valence-corrected chi connectivity index (χ0v) is 9.47. The number of aliphatic hydroxyl groups is 1. The van der Waals surface area contributed by atoms with E-state index in [0.717, 1.165) is 0 Å². The molecule has 16 heavy (non-hydrogen) atoms. The molecule has 0 bridgehead atoms. The SMILES string of the molecule is Cl.NCCCC(O)Cn1ccnc1[N+](=O)[O-]. The van der Waals surface area contributed by atoms with Crippen molar-refractivity contribution in [1.29, 1.82) is 0 Å². The topological polar surface area (TPSA) is 107 Å². The number of hydrogen-bond acceptors (Lipinski definition) is 5. The number of rotatable bonds is 6. The van der Waals surface area contributed by atoms with Crippen LogP contribution in [0.2, 0.25) is 0 Å². The molecule has 0 fully saturated rings. The van der Waals surface area contributed by atoms with Crippen LogP contribution in [0.15, 0.2) is 12.4 Å². The van der Waals surface area contributed by atoms with Crippen molar-refractivity contribution < 1.29 is 10.0 Å². The van der Waals surface area contributed by atoms with E-state index in [4.69, 9.17) is 5.73 Å². The van der Waals surface area contributed by atoms with Gasteiger partial charge in [0.05, 0.1) is 12.6 Å². The molecule has 0 aliphatic heterocycles. The number of halogens is 1. The summed E-state index contributed by atoms with van der Waals surface area (Å²) in [5.41, 5.74) is 5.29. The Labute approximate surface area is 98.8 Å². The summed E-state index contributed by atoms with van der Waals surface area (Å²) >= 11 is 0. The third-order valence-electron chi connectivity index (χ3n) is 2.01. The van der Waals surface area contributed by atoms with Crippen molar-refractivity contribution in [2.45, 2.75) is 25.5 Å². The second kappa shape index (κ2) is 7.15. The molecular weight excluding hydrogens is 236 g/mol. The molecule has 1 aromatic heterocycles. The summed E-state index contributed by atoms with van der Waals surface area (Å²) in [6.07, 6.45) is 3.43. The van der Waals surface area contributed by atoms with Gasteiger partial charge >= 0.3 is 5.95 Å². The van der Waals surface area contributed by atoms with Gasteiger partial charge < -0.3 is 21.0 Å². The number of aromatic nitrogens is 2. The first-order chi connectivity index (χ1) is 7.15. The van der Waals surface area contributed by atoms with Crippen LogP contribution in [0.3, 0.4) is 0 Å². The monoisotopic (exact) mass is 250 g/mol. The molecule has 0 aliphatic rings. The molecule has 0 spiro atoms. The molecule has 3 N–H and O–H groups in total. The highest BCUT2D eigenvalue weighted by atomic mass is 35.5. The van der Waals surface area contributed by atoms with E-state index >= 15 is 0 Å². The van der Waals surface area contributed by atoms with Gasteiger partial charge in [0.1, 0.15) is 12.4 Å². The molecule has 8 heteroatoms. The van der Waals surface area contributed by atoms with Crippen LogP contribution in [0.25, 0.3) is 0 Å². The van der Waals surface area contributed by atoms with Gasteiger partial charge in [0.2, 0.25) is 0 Å². The highest BCUT2D eigenvalue weighted by Crippen LogP contribution is 2.09. The lowest BCUT2D eigenvalue weighted by atomic mass is 10.2. The fourth-order valence-corrected chi connectivity index (χ4v) is 1.29. The third-order valence-corrected chi connectivity index (χ3v) is 2.01. The number of hydrogen-bond donors (Lipinski definition) is 2. The fourth-order valence-electron chi connectivity index (χ4n) is 1.29. The van der Waals surface area contributed by atoms with Crippen LogP contribution in [0.1, 0.15) is 12.8 Å². The van der Waals surface area contributed by atoms with Crippen molar-refractivity contribution in [3.63, 3.8) is 0 Å². The zero-order valence-electron chi connectivity index (χ0n) is 8.65. The Hall–Kier alpha value is -1.18. The van der Waals surface area contributed by atoms with E-state index in [1.54, 1.807) is 0 Å². The minimum Gasteiger partial charge on any atom is -0.390 e. The Balaban J connectivity index is 0.00000225. The van der Waals surface area contributed by atoms with E-state index in [1.807, 2.05) is 0 Å². The Kier molecular flexibility index (Phi) is 6.63. The van der Waals surface area contributed by atoms with Crippen molar-refractivity contribution in [3.8, 4) is 0 Å². The molecule has 1 aromatic rings. The van der Waals surface area contributed by atoms with Crippen LogP contribution in [0, 0.1) is 10.1 Å². The van der Waals surface area contributed by atoms with Gasteiger partial charge in [-0.1, -0.05) is 4.98 Å². The Morgan fingerprint density at radius 3 is 2.94 bits per heavy atom. The average Bonchev–Trinajstić information content (AvgIpc) is 2.62. The molecule has 0 aliphatic carbocycles. The van der Waals surface area contributed by atoms with Crippen LogP contribution >= 0.6 is 12.4 Å². The van der Waals surface area contributed by atoms with Crippen LogP contribution in [-0.4, -0.2) is 32.2 Å². The normalized spacial score (nSPS) is 11.9. The minimum atomic E-state index is -0.624. The molecule has 0 amide bonds. The van der Waals surface area contributed by atoms with Crippen molar-refractivity contribution in [2.75, 3.05) is 6.54 Å². The van der Waals surface area contributed by atoms with Crippen molar-refractivity contribution in [2.24, 2.45) is 5.73 Å². The summed E-state index contributed by atoms with van der Waals surface area (Å²) in [7, 11) is 0. The van der Waals surface area contributed by atoms with E-state index in [-0.39, 0.29) is 24.9 Å². The molecule has 1 unspecified atom stereocenters. The minimum absolute atomic E-state index is 0.